The van der Waals surface area contributed by atoms with Crippen LogP contribution >= 0.6 is 0 Å². The normalized spacial score (nSPS) is 11.1. The third kappa shape index (κ3) is 4.63. The Hall–Kier alpha value is -3.22. The van der Waals surface area contributed by atoms with E-state index >= 15 is 0 Å². The van der Waals surface area contributed by atoms with Crippen LogP contribution in [0.5, 0.6) is 5.75 Å². The van der Waals surface area contributed by atoms with Gasteiger partial charge >= 0.3 is 0 Å². The number of carbonyl (C=O) groups excluding carboxylic acids is 1. The number of carbonyl (C=O) groups is 1. The number of aromatic hydroxyl groups is 1. The van der Waals surface area contributed by atoms with Gasteiger partial charge in [-0.1, -0.05) is 24.3 Å². The molecule has 0 saturated heterocycles. The first-order chi connectivity index (χ1) is 11.0. The maximum Gasteiger partial charge on any atom is 0.269 e. The van der Waals surface area contributed by atoms with Crippen molar-refractivity contribution < 1.29 is 14.8 Å². The number of nitro groups is 1. The summed E-state index contributed by atoms with van der Waals surface area (Å²) in [6.07, 6.45) is 0.0643. The smallest absolute Gasteiger partial charge is 0.269 e. The number of phenolic OH excluding ortho intramolecular Hbond substituents is 1. The number of benzene rings is 2. The highest BCUT2D eigenvalue weighted by molar-refractivity contribution is 5.99. The van der Waals surface area contributed by atoms with Crippen molar-refractivity contribution >= 4 is 17.3 Å². The first-order valence-corrected chi connectivity index (χ1v) is 6.81. The van der Waals surface area contributed by atoms with Crippen LogP contribution in [0, 0.1) is 10.1 Å². The van der Waals surface area contributed by atoms with Gasteiger partial charge < -0.3 is 5.11 Å². The number of phenols is 1. The minimum atomic E-state index is -0.493. The summed E-state index contributed by atoms with van der Waals surface area (Å²) in [5.74, 6) is -0.215. The van der Waals surface area contributed by atoms with Gasteiger partial charge in [0.1, 0.15) is 5.75 Å². The van der Waals surface area contributed by atoms with Crippen molar-refractivity contribution in [2.75, 3.05) is 0 Å². The van der Waals surface area contributed by atoms with Gasteiger partial charge in [0.15, 0.2) is 0 Å². The van der Waals surface area contributed by atoms with Crippen molar-refractivity contribution in [2.45, 2.75) is 13.3 Å². The molecule has 2 N–H and O–H groups in total. The standard InChI is InChI=1S/C16H15N3O4/c1-11(13-3-2-4-15(20)10-13)17-18-16(21)9-12-5-7-14(8-6-12)19(22)23/h2-8,10,20H,9H2,1H3,(H,18,21)/b17-11+. The number of hydrazone groups is 1. The summed E-state index contributed by atoms with van der Waals surface area (Å²) in [4.78, 5) is 21.9. The second kappa shape index (κ2) is 7.17. The van der Waals surface area contributed by atoms with E-state index in [-0.39, 0.29) is 23.8 Å². The van der Waals surface area contributed by atoms with Gasteiger partial charge in [-0.05, 0) is 24.6 Å². The van der Waals surface area contributed by atoms with Crippen LogP contribution in [0.2, 0.25) is 0 Å². The summed E-state index contributed by atoms with van der Waals surface area (Å²) in [5, 5.41) is 23.9. The number of hydrogen-bond acceptors (Lipinski definition) is 5. The van der Waals surface area contributed by atoms with Crippen LogP contribution in [0.4, 0.5) is 5.69 Å². The van der Waals surface area contributed by atoms with Crippen molar-refractivity contribution in [3.8, 4) is 5.75 Å². The van der Waals surface area contributed by atoms with E-state index in [4.69, 9.17) is 0 Å². The molecule has 0 radical (unpaired) electrons. The molecule has 23 heavy (non-hydrogen) atoms. The quantitative estimate of drug-likeness (QED) is 0.502. The molecule has 118 valence electrons. The molecule has 0 atom stereocenters. The minimum Gasteiger partial charge on any atom is -0.508 e. The number of hydrogen-bond donors (Lipinski definition) is 2. The predicted molar refractivity (Wildman–Crippen MR) is 85.3 cm³/mol. The second-order valence-corrected chi connectivity index (χ2v) is 4.88. The van der Waals surface area contributed by atoms with Gasteiger partial charge in [0, 0.05) is 17.7 Å². The van der Waals surface area contributed by atoms with Crippen LogP contribution < -0.4 is 5.43 Å². The Labute approximate surface area is 132 Å². The van der Waals surface area contributed by atoms with Crippen LogP contribution in [-0.4, -0.2) is 21.6 Å². The molecular weight excluding hydrogens is 298 g/mol. The lowest BCUT2D eigenvalue weighted by atomic mass is 10.1. The molecule has 0 bridgehead atoms. The summed E-state index contributed by atoms with van der Waals surface area (Å²) < 4.78 is 0. The molecule has 2 aromatic rings. The number of rotatable bonds is 5. The molecule has 0 fully saturated rings. The van der Waals surface area contributed by atoms with Crippen LogP contribution in [0.1, 0.15) is 18.1 Å². The van der Waals surface area contributed by atoms with Crippen molar-refractivity contribution in [3.63, 3.8) is 0 Å². The third-order valence-electron chi connectivity index (χ3n) is 3.12. The van der Waals surface area contributed by atoms with Crippen molar-refractivity contribution in [1.82, 2.24) is 5.43 Å². The third-order valence-corrected chi connectivity index (χ3v) is 3.12. The van der Waals surface area contributed by atoms with Crippen LogP contribution in [0.15, 0.2) is 53.6 Å². The molecule has 0 aliphatic heterocycles. The molecule has 7 nitrogen and oxygen atoms in total. The number of non-ortho nitro benzene ring substituents is 1. The molecule has 0 unspecified atom stereocenters. The maximum absolute atomic E-state index is 11.8. The first kappa shape index (κ1) is 16.2. The van der Waals surface area contributed by atoms with Gasteiger partial charge in [0.05, 0.1) is 17.1 Å². The van der Waals surface area contributed by atoms with Gasteiger partial charge in [-0.25, -0.2) is 5.43 Å². The largest absolute Gasteiger partial charge is 0.508 e. The Morgan fingerprint density at radius 2 is 1.96 bits per heavy atom. The topological polar surface area (TPSA) is 105 Å². The molecule has 2 rings (SSSR count). The zero-order valence-corrected chi connectivity index (χ0v) is 12.4. The van der Waals surface area contributed by atoms with Crippen LogP contribution in [0.25, 0.3) is 0 Å². The highest BCUT2D eigenvalue weighted by Crippen LogP contribution is 2.13. The number of amides is 1. The van der Waals surface area contributed by atoms with E-state index < -0.39 is 4.92 Å². The monoisotopic (exact) mass is 313 g/mol. The average Bonchev–Trinajstić information content (AvgIpc) is 2.53. The van der Waals surface area contributed by atoms with Crippen molar-refractivity contribution in [3.05, 3.63) is 69.8 Å². The lowest BCUT2D eigenvalue weighted by Crippen LogP contribution is -2.21. The number of nitro benzene ring substituents is 1. The maximum atomic E-state index is 11.8. The van der Waals surface area contributed by atoms with Crippen molar-refractivity contribution in [2.24, 2.45) is 5.10 Å². The van der Waals surface area contributed by atoms with Gasteiger partial charge in [-0.15, -0.1) is 0 Å². The summed E-state index contributed by atoms with van der Waals surface area (Å²) >= 11 is 0. The molecule has 2 aromatic carbocycles. The SMILES string of the molecule is C/C(=N\NC(=O)Cc1ccc([N+](=O)[O-])cc1)c1cccc(O)c1. The van der Waals surface area contributed by atoms with E-state index in [0.717, 1.165) is 0 Å². The van der Waals surface area contributed by atoms with E-state index in [1.807, 2.05) is 0 Å². The summed E-state index contributed by atoms with van der Waals surface area (Å²) in [7, 11) is 0. The molecule has 0 saturated carbocycles. The molecule has 0 aromatic heterocycles. The van der Waals surface area contributed by atoms with Crippen LogP contribution in [-0.2, 0) is 11.2 Å². The average molecular weight is 313 g/mol. The van der Waals surface area contributed by atoms with E-state index in [0.29, 0.717) is 16.8 Å². The molecule has 0 aliphatic carbocycles. The fourth-order valence-electron chi connectivity index (χ4n) is 1.90. The van der Waals surface area contributed by atoms with E-state index in [2.05, 4.69) is 10.5 Å². The minimum absolute atomic E-state index is 0.0214. The number of nitrogens with one attached hydrogen (secondary N) is 1. The van der Waals surface area contributed by atoms with Gasteiger partial charge in [0.25, 0.3) is 5.69 Å². The Balaban J connectivity index is 1.96. The van der Waals surface area contributed by atoms with Gasteiger partial charge in [-0.3, -0.25) is 14.9 Å². The van der Waals surface area contributed by atoms with E-state index in [9.17, 15) is 20.0 Å². The van der Waals surface area contributed by atoms with E-state index in [1.54, 1.807) is 31.2 Å². The van der Waals surface area contributed by atoms with Crippen LogP contribution in [0.3, 0.4) is 0 Å². The Kier molecular flexibility index (Phi) is 5.03. The lowest BCUT2D eigenvalue weighted by molar-refractivity contribution is -0.384. The fourth-order valence-corrected chi connectivity index (χ4v) is 1.90. The molecule has 7 heteroatoms. The summed E-state index contributed by atoms with van der Waals surface area (Å²) in [6, 6.07) is 12.3. The Bertz CT molecular complexity index is 754. The molecule has 1 amide bonds. The van der Waals surface area contributed by atoms with E-state index in [1.165, 1.54) is 24.3 Å². The molecule has 0 heterocycles. The highest BCUT2D eigenvalue weighted by atomic mass is 16.6. The fraction of sp³-hybridized carbons (Fsp3) is 0.125. The molecule has 0 aliphatic rings. The Morgan fingerprint density at radius 3 is 2.57 bits per heavy atom. The molecular formula is C16H15N3O4. The molecule has 0 spiro atoms. The summed E-state index contributed by atoms with van der Waals surface area (Å²) in [5.41, 5.74) is 4.30. The summed E-state index contributed by atoms with van der Waals surface area (Å²) in [6.45, 7) is 1.71. The van der Waals surface area contributed by atoms with Gasteiger partial charge in [-0.2, -0.15) is 5.10 Å². The van der Waals surface area contributed by atoms with Gasteiger partial charge in [0.2, 0.25) is 5.91 Å². The van der Waals surface area contributed by atoms with Crippen molar-refractivity contribution in [1.29, 1.82) is 0 Å². The highest BCUT2D eigenvalue weighted by Gasteiger charge is 2.07. The lowest BCUT2D eigenvalue weighted by Gasteiger charge is -2.04. The zero-order valence-electron chi connectivity index (χ0n) is 12.4. The zero-order chi connectivity index (χ0) is 16.8. The second-order valence-electron chi connectivity index (χ2n) is 4.88. The predicted octanol–water partition coefficient (Wildman–Crippen LogP) is 2.38. The Morgan fingerprint density at radius 1 is 1.26 bits per heavy atom. The number of nitrogens with zero attached hydrogens (tertiary/aromatic N) is 2. The first-order valence-electron chi connectivity index (χ1n) is 6.81.